The van der Waals surface area contributed by atoms with Gasteiger partial charge in [0, 0.05) is 23.8 Å². The lowest BCUT2D eigenvalue weighted by Crippen LogP contribution is -2.19. The van der Waals surface area contributed by atoms with Crippen LogP contribution in [0.1, 0.15) is 31.7 Å². The number of aliphatic hydroxyl groups is 1. The Morgan fingerprint density at radius 1 is 1.47 bits per heavy atom. The number of hydrogen-bond donors (Lipinski definition) is 1. The highest BCUT2D eigenvalue weighted by Crippen LogP contribution is 2.29. The summed E-state index contributed by atoms with van der Waals surface area (Å²) in [5, 5.41) is 9.76. The van der Waals surface area contributed by atoms with E-state index in [0.717, 1.165) is 24.6 Å². The number of rotatable bonds is 4. The molecule has 1 saturated heterocycles. The molecule has 1 aromatic carbocycles. The predicted octanol–water partition coefficient (Wildman–Crippen LogP) is 3.46. The summed E-state index contributed by atoms with van der Waals surface area (Å²) in [5.41, 5.74) is 1.99. The van der Waals surface area contributed by atoms with Crippen molar-refractivity contribution in [3.63, 3.8) is 0 Å². The van der Waals surface area contributed by atoms with Gasteiger partial charge in [-0.15, -0.1) is 0 Å². The van der Waals surface area contributed by atoms with Crippen LogP contribution in [0.25, 0.3) is 0 Å². The van der Waals surface area contributed by atoms with Crippen molar-refractivity contribution in [3.8, 4) is 0 Å². The van der Waals surface area contributed by atoms with Gasteiger partial charge in [0.25, 0.3) is 0 Å². The second kappa shape index (κ2) is 5.74. The van der Waals surface area contributed by atoms with Crippen LogP contribution in [-0.2, 0) is 6.61 Å². The van der Waals surface area contributed by atoms with E-state index >= 15 is 0 Å². The van der Waals surface area contributed by atoms with E-state index in [9.17, 15) is 0 Å². The third-order valence-corrected chi connectivity index (χ3v) is 3.91. The van der Waals surface area contributed by atoms with Crippen molar-refractivity contribution in [2.75, 3.05) is 18.0 Å². The van der Waals surface area contributed by atoms with Gasteiger partial charge in [-0.25, -0.2) is 0 Å². The molecule has 1 fully saturated rings. The van der Waals surface area contributed by atoms with Crippen molar-refractivity contribution in [2.24, 2.45) is 5.92 Å². The Morgan fingerprint density at radius 2 is 2.29 bits per heavy atom. The Bertz CT molecular complexity index is 380. The zero-order chi connectivity index (χ0) is 12.3. The van der Waals surface area contributed by atoms with Gasteiger partial charge >= 0.3 is 0 Å². The summed E-state index contributed by atoms with van der Waals surface area (Å²) in [4.78, 5) is 2.40. The molecule has 1 aliphatic heterocycles. The third-order valence-electron chi connectivity index (χ3n) is 3.55. The first-order valence-electron chi connectivity index (χ1n) is 6.38. The molecule has 0 aliphatic carbocycles. The summed E-state index contributed by atoms with van der Waals surface area (Å²) >= 11 is 6.12. The quantitative estimate of drug-likeness (QED) is 0.888. The molecule has 0 saturated carbocycles. The highest BCUT2D eigenvalue weighted by molar-refractivity contribution is 6.31. The molecule has 1 N–H and O–H groups in total. The molecule has 1 unspecified atom stereocenters. The number of benzene rings is 1. The molecule has 1 aliphatic rings. The number of nitrogens with zero attached hydrogens (tertiary/aromatic N) is 1. The molecule has 2 nitrogen and oxygen atoms in total. The Labute approximate surface area is 108 Å². The zero-order valence-electron chi connectivity index (χ0n) is 10.3. The minimum absolute atomic E-state index is 0.0115. The molecule has 94 valence electrons. The molecule has 1 heterocycles. The van der Waals surface area contributed by atoms with Gasteiger partial charge in [0.1, 0.15) is 0 Å². The van der Waals surface area contributed by atoms with E-state index in [1.54, 1.807) is 0 Å². The number of hydrogen-bond acceptors (Lipinski definition) is 2. The van der Waals surface area contributed by atoms with Crippen LogP contribution >= 0.6 is 11.6 Å². The molecule has 0 aromatic heterocycles. The van der Waals surface area contributed by atoms with E-state index in [1.807, 2.05) is 12.1 Å². The van der Waals surface area contributed by atoms with E-state index in [1.165, 1.54) is 24.9 Å². The Hall–Kier alpha value is -0.730. The van der Waals surface area contributed by atoms with Crippen LogP contribution in [-0.4, -0.2) is 18.2 Å². The third kappa shape index (κ3) is 2.93. The van der Waals surface area contributed by atoms with Gasteiger partial charge in [-0.1, -0.05) is 31.0 Å². The highest BCUT2D eigenvalue weighted by atomic mass is 35.5. The first-order valence-corrected chi connectivity index (χ1v) is 6.76. The fourth-order valence-corrected chi connectivity index (χ4v) is 2.81. The maximum absolute atomic E-state index is 9.09. The standard InChI is InChI=1S/C14H20ClNO/c1-2-3-11-6-7-16(9-11)13-5-4-12(10-17)14(15)8-13/h4-5,8,11,17H,2-3,6-7,9-10H2,1H3. The minimum Gasteiger partial charge on any atom is -0.392 e. The lowest BCUT2D eigenvalue weighted by Gasteiger charge is -2.19. The van der Waals surface area contributed by atoms with Crippen molar-refractivity contribution >= 4 is 17.3 Å². The van der Waals surface area contributed by atoms with E-state index < -0.39 is 0 Å². The topological polar surface area (TPSA) is 23.5 Å². The normalized spacial score (nSPS) is 19.9. The lowest BCUT2D eigenvalue weighted by atomic mass is 10.0. The predicted molar refractivity (Wildman–Crippen MR) is 72.6 cm³/mol. The molecular formula is C14H20ClNO. The minimum atomic E-state index is 0.0115. The van der Waals surface area contributed by atoms with Crippen LogP contribution < -0.4 is 4.90 Å². The second-order valence-electron chi connectivity index (χ2n) is 4.82. The number of anilines is 1. The van der Waals surface area contributed by atoms with Crippen molar-refractivity contribution in [3.05, 3.63) is 28.8 Å². The van der Waals surface area contributed by atoms with Crippen molar-refractivity contribution < 1.29 is 5.11 Å². The Morgan fingerprint density at radius 3 is 2.94 bits per heavy atom. The van der Waals surface area contributed by atoms with Gasteiger partial charge in [-0.05, 0) is 36.5 Å². The number of halogens is 1. The Kier molecular flexibility index (Phi) is 4.30. The average Bonchev–Trinajstić information content (AvgIpc) is 2.78. The lowest BCUT2D eigenvalue weighted by molar-refractivity contribution is 0.282. The molecular weight excluding hydrogens is 234 g/mol. The molecule has 17 heavy (non-hydrogen) atoms. The summed E-state index contributed by atoms with van der Waals surface area (Å²) in [7, 11) is 0. The van der Waals surface area contributed by atoms with Gasteiger partial charge in [0.15, 0.2) is 0 Å². The van der Waals surface area contributed by atoms with Crippen LogP contribution in [0.15, 0.2) is 18.2 Å². The van der Waals surface area contributed by atoms with Gasteiger partial charge in [0.2, 0.25) is 0 Å². The van der Waals surface area contributed by atoms with Gasteiger partial charge in [-0.2, -0.15) is 0 Å². The zero-order valence-corrected chi connectivity index (χ0v) is 11.1. The van der Waals surface area contributed by atoms with Crippen molar-refractivity contribution in [2.45, 2.75) is 32.8 Å². The summed E-state index contributed by atoms with van der Waals surface area (Å²) in [6.45, 7) is 4.52. The molecule has 2 rings (SSSR count). The van der Waals surface area contributed by atoms with Gasteiger partial charge in [0.05, 0.1) is 6.61 Å². The summed E-state index contributed by atoms with van der Waals surface area (Å²) < 4.78 is 0. The SMILES string of the molecule is CCCC1CCN(c2ccc(CO)c(Cl)c2)C1. The fourth-order valence-electron chi connectivity index (χ4n) is 2.57. The average molecular weight is 254 g/mol. The van der Waals surface area contributed by atoms with Gasteiger partial charge < -0.3 is 10.0 Å². The maximum Gasteiger partial charge on any atom is 0.0696 e. The molecule has 0 bridgehead atoms. The van der Waals surface area contributed by atoms with Crippen molar-refractivity contribution in [1.29, 1.82) is 0 Å². The monoisotopic (exact) mass is 253 g/mol. The molecule has 3 heteroatoms. The van der Waals surface area contributed by atoms with Crippen LogP contribution in [0.5, 0.6) is 0 Å². The molecule has 0 spiro atoms. The van der Waals surface area contributed by atoms with E-state index in [-0.39, 0.29) is 6.61 Å². The van der Waals surface area contributed by atoms with Crippen LogP contribution in [0.2, 0.25) is 5.02 Å². The fraction of sp³-hybridized carbons (Fsp3) is 0.571. The second-order valence-corrected chi connectivity index (χ2v) is 5.23. The molecule has 1 aromatic rings. The summed E-state index contributed by atoms with van der Waals surface area (Å²) in [5.74, 6) is 0.830. The first-order chi connectivity index (χ1) is 8.24. The van der Waals surface area contributed by atoms with Crippen LogP contribution in [0.3, 0.4) is 0 Å². The summed E-state index contributed by atoms with van der Waals surface area (Å²) in [6, 6.07) is 5.96. The number of aliphatic hydroxyl groups excluding tert-OH is 1. The molecule has 0 amide bonds. The van der Waals surface area contributed by atoms with Crippen LogP contribution in [0.4, 0.5) is 5.69 Å². The largest absolute Gasteiger partial charge is 0.392 e. The first kappa shape index (κ1) is 12.7. The van der Waals surface area contributed by atoms with Gasteiger partial charge in [-0.3, -0.25) is 0 Å². The van der Waals surface area contributed by atoms with Crippen LogP contribution in [0, 0.1) is 5.92 Å². The molecule has 0 radical (unpaired) electrons. The van der Waals surface area contributed by atoms with E-state index in [0.29, 0.717) is 5.02 Å². The maximum atomic E-state index is 9.09. The van der Waals surface area contributed by atoms with E-state index in [2.05, 4.69) is 17.9 Å². The highest BCUT2D eigenvalue weighted by Gasteiger charge is 2.22. The van der Waals surface area contributed by atoms with Crippen molar-refractivity contribution in [1.82, 2.24) is 0 Å². The smallest absolute Gasteiger partial charge is 0.0696 e. The molecule has 1 atom stereocenters. The Balaban J connectivity index is 2.06. The summed E-state index contributed by atoms with van der Waals surface area (Å²) in [6.07, 6.45) is 3.87. The van der Waals surface area contributed by atoms with E-state index in [4.69, 9.17) is 16.7 Å².